The molecule has 2 heterocycles. The third-order valence-corrected chi connectivity index (χ3v) is 6.01. The highest BCUT2D eigenvalue weighted by Crippen LogP contribution is 2.23. The van der Waals surface area contributed by atoms with Gasteiger partial charge in [-0.05, 0) is 29.4 Å². The van der Waals surface area contributed by atoms with Crippen LogP contribution in [0.4, 0.5) is 0 Å². The average Bonchev–Trinajstić information content (AvgIpc) is 3.27. The molecule has 1 aliphatic rings. The molecule has 1 aliphatic heterocycles. The summed E-state index contributed by atoms with van der Waals surface area (Å²) in [5.41, 5.74) is 2.81. The van der Waals surface area contributed by atoms with E-state index in [0.29, 0.717) is 24.5 Å². The first-order chi connectivity index (χ1) is 14.3. The number of hydrogen-bond acceptors (Lipinski definition) is 4. The van der Waals surface area contributed by atoms with E-state index in [9.17, 15) is 4.79 Å². The van der Waals surface area contributed by atoms with Gasteiger partial charge in [0.15, 0.2) is 0 Å². The van der Waals surface area contributed by atoms with Crippen LogP contribution in [0.25, 0.3) is 0 Å². The number of aromatic nitrogens is 1. The second-order valence-corrected chi connectivity index (χ2v) is 8.27. The number of pyridine rings is 1. The minimum absolute atomic E-state index is 0.0225. The molecule has 0 spiro atoms. The zero-order valence-corrected chi connectivity index (χ0v) is 17.1. The van der Waals surface area contributed by atoms with Crippen LogP contribution >= 0.6 is 11.8 Å². The first-order valence-electron chi connectivity index (χ1n) is 9.85. The number of benzene rings is 2. The number of nitrogens with zero attached hydrogens (tertiary/aromatic N) is 2. The third-order valence-electron chi connectivity index (χ3n) is 4.88. The molecule has 1 saturated heterocycles. The van der Waals surface area contributed by atoms with Gasteiger partial charge in [-0.1, -0.05) is 60.7 Å². The lowest BCUT2D eigenvalue weighted by molar-refractivity contribution is 0.0729. The zero-order valence-electron chi connectivity index (χ0n) is 16.2. The fourth-order valence-corrected chi connectivity index (χ4v) is 4.47. The minimum atomic E-state index is -0.0225. The Kier molecular flexibility index (Phi) is 6.47. The molecule has 148 valence electrons. The summed E-state index contributed by atoms with van der Waals surface area (Å²) in [4.78, 5) is 19.6. The molecule has 1 atom stereocenters. The lowest BCUT2D eigenvalue weighted by atomic mass is 10.1. The Labute approximate surface area is 175 Å². The first-order valence-corrected chi connectivity index (χ1v) is 11.0. The summed E-state index contributed by atoms with van der Waals surface area (Å²) in [6, 6.07) is 23.7. The van der Waals surface area contributed by atoms with Crippen LogP contribution in [0.15, 0.2) is 79.0 Å². The van der Waals surface area contributed by atoms with Gasteiger partial charge in [-0.3, -0.25) is 4.79 Å². The van der Waals surface area contributed by atoms with E-state index >= 15 is 0 Å². The molecule has 3 aromatic rings. The number of amides is 1. The lowest BCUT2D eigenvalue weighted by Gasteiger charge is -2.23. The zero-order chi connectivity index (χ0) is 19.9. The van der Waals surface area contributed by atoms with Crippen molar-refractivity contribution in [1.82, 2.24) is 9.88 Å². The summed E-state index contributed by atoms with van der Waals surface area (Å²) in [5.74, 6) is 2.60. The number of hydrogen-bond donors (Lipinski definition) is 0. The van der Waals surface area contributed by atoms with Crippen LogP contribution < -0.4 is 4.74 Å². The first kappa shape index (κ1) is 19.5. The van der Waals surface area contributed by atoms with Gasteiger partial charge in [0, 0.05) is 36.7 Å². The van der Waals surface area contributed by atoms with E-state index in [1.807, 2.05) is 77.3 Å². The molecule has 0 radical (unpaired) electrons. The van der Waals surface area contributed by atoms with E-state index in [1.54, 1.807) is 18.3 Å². The largest absolute Gasteiger partial charge is 0.473 e. The van der Waals surface area contributed by atoms with Crippen molar-refractivity contribution in [2.75, 3.05) is 11.5 Å². The van der Waals surface area contributed by atoms with E-state index in [0.717, 1.165) is 29.1 Å². The Morgan fingerprint density at radius 3 is 2.24 bits per heavy atom. The predicted molar refractivity (Wildman–Crippen MR) is 117 cm³/mol. The highest BCUT2D eigenvalue weighted by Gasteiger charge is 2.20. The van der Waals surface area contributed by atoms with Gasteiger partial charge in [0.2, 0.25) is 5.88 Å². The highest BCUT2D eigenvalue weighted by atomic mass is 32.2. The van der Waals surface area contributed by atoms with E-state index in [4.69, 9.17) is 4.74 Å². The van der Waals surface area contributed by atoms with Crippen molar-refractivity contribution in [3.63, 3.8) is 0 Å². The summed E-state index contributed by atoms with van der Waals surface area (Å²) in [6.45, 7) is 1.10. The van der Waals surface area contributed by atoms with E-state index in [1.165, 1.54) is 0 Å². The fraction of sp³-hybridized carbons (Fsp3) is 0.250. The lowest BCUT2D eigenvalue weighted by Crippen LogP contribution is -2.30. The third kappa shape index (κ3) is 5.39. The topological polar surface area (TPSA) is 42.4 Å². The van der Waals surface area contributed by atoms with Crippen molar-refractivity contribution in [3.8, 4) is 5.88 Å². The second kappa shape index (κ2) is 9.61. The molecule has 2 aromatic carbocycles. The number of carbonyl (C=O) groups excluding carboxylic acids is 1. The average molecular weight is 405 g/mol. The van der Waals surface area contributed by atoms with Gasteiger partial charge in [0.25, 0.3) is 5.91 Å². The molecule has 1 aromatic heterocycles. The van der Waals surface area contributed by atoms with Gasteiger partial charge < -0.3 is 9.64 Å². The molecule has 4 rings (SSSR count). The van der Waals surface area contributed by atoms with E-state index in [-0.39, 0.29) is 12.0 Å². The van der Waals surface area contributed by atoms with Gasteiger partial charge in [0.1, 0.15) is 6.10 Å². The van der Waals surface area contributed by atoms with Crippen LogP contribution in [-0.4, -0.2) is 33.4 Å². The molecular formula is C24H24N2O2S. The monoisotopic (exact) mass is 404 g/mol. The molecule has 4 nitrogen and oxygen atoms in total. The van der Waals surface area contributed by atoms with Crippen LogP contribution in [0.3, 0.4) is 0 Å². The molecule has 29 heavy (non-hydrogen) atoms. The Balaban J connectivity index is 1.55. The summed E-state index contributed by atoms with van der Waals surface area (Å²) in [7, 11) is 0. The molecule has 0 N–H and O–H groups in total. The molecule has 1 amide bonds. The molecule has 0 saturated carbocycles. The van der Waals surface area contributed by atoms with Crippen LogP contribution in [0.2, 0.25) is 0 Å². The predicted octanol–water partition coefficient (Wildman–Crippen LogP) is 4.81. The number of thioether (sulfide) groups is 1. The van der Waals surface area contributed by atoms with Crippen molar-refractivity contribution in [1.29, 1.82) is 0 Å². The van der Waals surface area contributed by atoms with Gasteiger partial charge in [-0.15, -0.1) is 0 Å². The number of rotatable bonds is 7. The SMILES string of the molecule is O=C(c1ccnc(OC2CCSC2)c1)N(Cc1ccccc1)Cc1ccccc1. The molecule has 0 bridgehead atoms. The summed E-state index contributed by atoms with van der Waals surface area (Å²) >= 11 is 1.89. The van der Waals surface area contributed by atoms with Crippen molar-refractivity contribution >= 4 is 17.7 Å². The van der Waals surface area contributed by atoms with Crippen molar-refractivity contribution in [2.45, 2.75) is 25.6 Å². The number of carbonyl (C=O) groups is 1. The molecule has 1 fully saturated rings. The maximum atomic E-state index is 13.4. The smallest absolute Gasteiger partial charge is 0.254 e. The van der Waals surface area contributed by atoms with E-state index < -0.39 is 0 Å². The van der Waals surface area contributed by atoms with Crippen molar-refractivity contribution < 1.29 is 9.53 Å². The maximum Gasteiger partial charge on any atom is 0.254 e. The van der Waals surface area contributed by atoms with Crippen LogP contribution in [0.5, 0.6) is 5.88 Å². The fourth-order valence-electron chi connectivity index (χ4n) is 3.37. The van der Waals surface area contributed by atoms with Gasteiger partial charge >= 0.3 is 0 Å². The quantitative estimate of drug-likeness (QED) is 0.567. The summed E-state index contributed by atoms with van der Waals surface area (Å²) in [6.07, 6.45) is 2.87. The van der Waals surface area contributed by atoms with Gasteiger partial charge in [0.05, 0.1) is 0 Å². The molecule has 0 aliphatic carbocycles. The Morgan fingerprint density at radius 1 is 1.00 bits per heavy atom. The Hall–Kier alpha value is -2.79. The van der Waals surface area contributed by atoms with Crippen LogP contribution in [0.1, 0.15) is 27.9 Å². The van der Waals surface area contributed by atoms with E-state index in [2.05, 4.69) is 4.98 Å². The molecule has 1 unspecified atom stereocenters. The van der Waals surface area contributed by atoms with Crippen molar-refractivity contribution in [2.24, 2.45) is 0 Å². The Bertz CT molecular complexity index is 886. The standard InChI is InChI=1S/C24H24N2O2S/c27-24(21-11-13-25-23(15-21)28-22-12-14-29-18-22)26(16-19-7-3-1-4-8-19)17-20-9-5-2-6-10-20/h1-11,13,15,22H,12,14,16-18H2. The normalized spacial score (nSPS) is 15.8. The molecule has 5 heteroatoms. The highest BCUT2D eigenvalue weighted by molar-refractivity contribution is 7.99. The van der Waals surface area contributed by atoms with Gasteiger partial charge in [-0.2, -0.15) is 11.8 Å². The number of ether oxygens (including phenoxy) is 1. The summed E-state index contributed by atoms with van der Waals surface area (Å²) < 4.78 is 5.98. The van der Waals surface area contributed by atoms with Gasteiger partial charge in [-0.25, -0.2) is 4.98 Å². The van der Waals surface area contributed by atoms with Crippen LogP contribution in [0, 0.1) is 0 Å². The Morgan fingerprint density at radius 2 is 1.66 bits per heavy atom. The van der Waals surface area contributed by atoms with Crippen molar-refractivity contribution in [3.05, 3.63) is 95.7 Å². The summed E-state index contributed by atoms with van der Waals surface area (Å²) in [5, 5.41) is 0. The second-order valence-electron chi connectivity index (χ2n) is 7.12. The maximum absolute atomic E-state index is 13.4. The van der Waals surface area contributed by atoms with Crippen LogP contribution in [-0.2, 0) is 13.1 Å². The molecular weight excluding hydrogens is 380 g/mol. The minimum Gasteiger partial charge on any atom is -0.473 e.